The van der Waals surface area contributed by atoms with Crippen LogP contribution >= 0.6 is 0 Å². The molecule has 0 fully saturated rings. The van der Waals surface area contributed by atoms with Crippen LogP contribution in [0, 0.1) is 0 Å². The molecule has 7 heteroatoms. The third kappa shape index (κ3) is 3.48. The van der Waals surface area contributed by atoms with Crippen molar-refractivity contribution in [3.8, 4) is 5.75 Å². The Hall–Kier alpha value is -2.83. The van der Waals surface area contributed by atoms with Gasteiger partial charge in [0, 0.05) is 17.3 Å². The highest BCUT2D eigenvalue weighted by atomic mass is 19.4. The molecule has 0 amide bonds. The fraction of sp³-hybridized carbons (Fsp3) is 0.333. The number of unbranched alkanes of at least 4 members (excludes halogenated alkanes) is 3. The zero-order valence-electron chi connectivity index (χ0n) is 15.3. The molecule has 0 unspecified atom stereocenters. The molecule has 0 aliphatic heterocycles. The van der Waals surface area contributed by atoms with E-state index in [-0.39, 0.29) is 11.9 Å². The molecule has 3 aromatic rings. The molecule has 1 heterocycles. The maximum atomic E-state index is 13.0. The summed E-state index contributed by atoms with van der Waals surface area (Å²) in [5, 5.41) is 11.9. The summed E-state index contributed by atoms with van der Waals surface area (Å²) in [4.78, 5) is 24.7. The smallest absolute Gasteiger partial charge is 0.455 e. The maximum Gasteiger partial charge on any atom is 0.455 e. The molecule has 0 spiro atoms. The molecule has 0 atom stereocenters. The van der Waals surface area contributed by atoms with Gasteiger partial charge in [0.2, 0.25) is 0 Å². The Morgan fingerprint density at radius 3 is 2.43 bits per heavy atom. The lowest BCUT2D eigenvalue weighted by Gasteiger charge is -2.17. The molecule has 28 heavy (non-hydrogen) atoms. The van der Waals surface area contributed by atoms with Gasteiger partial charge in [0.05, 0.1) is 5.52 Å². The molecule has 148 valence electrons. The van der Waals surface area contributed by atoms with Gasteiger partial charge in [-0.15, -0.1) is 0 Å². The number of Topliss-reactive ketones (excluding diaryl/α,β-unsaturated/α-hetero) is 1. The lowest BCUT2D eigenvalue weighted by Crippen LogP contribution is -2.33. The van der Waals surface area contributed by atoms with E-state index in [0.717, 1.165) is 24.6 Å². The van der Waals surface area contributed by atoms with E-state index in [1.165, 1.54) is 10.6 Å². The third-order valence-electron chi connectivity index (χ3n) is 4.84. The molecule has 2 aromatic carbocycles. The first kappa shape index (κ1) is 19.9. The topological polar surface area (TPSA) is 59.3 Å². The van der Waals surface area contributed by atoms with Gasteiger partial charge in [0.1, 0.15) is 11.3 Å². The summed E-state index contributed by atoms with van der Waals surface area (Å²) in [5.41, 5.74) is -1.98. The number of rotatable bonds is 6. The van der Waals surface area contributed by atoms with Crippen LogP contribution in [0.2, 0.25) is 0 Å². The average molecular weight is 391 g/mol. The van der Waals surface area contributed by atoms with E-state index in [9.17, 15) is 27.9 Å². The highest BCUT2D eigenvalue weighted by Crippen LogP contribution is 2.34. The van der Waals surface area contributed by atoms with Gasteiger partial charge in [-0.1, -0.05) is 56.5 Å². The molecule has 0 aliphatic rings. The van der Waals surface area contributed by atoms with Crippen molar-refractivity contribution in [2.75, 3.05) is 0 Å². The molecular weight excluding hydrogens is 371 g/mol. The standard InChI is InChI=1S/C21H20F3NO3/c1-2-3-4-7-12-25-17-14-9-6-5-8-13(14)10-11-15(17)18(26)16(20(25)28)19(27)21(22,23)24/h5-6,8-11,26H,2-4,7,12H2,1H3. The number of aromatic hydroxyl groups is 1. The van der Waals surface area contributed by atoms with Crippen molar-refractivity contribution in [2.24, 2.45) is 0 Å². The zero-order valence-corrected chi connectivity index (χ0v) is 15.3. The van der Waals surface area contributed by atoms with E-state index in [1.54, 1.807) is 24.3 Å². The van der Waals surface area contributed by atoms with Gasteiger partial charge in [-0.05, 0) is 17.9 Å². The number of hydrogen-bond acceptors (Lipinski definition) is 3. The monoisotopic (exact) mass is 391 g/mol. The summed E-state index contributed by atoms with van der Waals surface area (Å²) in [7, 11) is 0. The Morgan fingerprint density at radius 1 is 1.04 bits per heavy atom. The van der Waals surface area contributed by atoms with E-state index in [0.29, 0.717) is 17.3 Å². The van der Waals surface area contributed by atoms with Gasteiger partial charge in [-0.2, -0.15) is 13.2 Å². The maximum absolute atomic E-state index is 13.0. The molecule has 1 N–H and O–H groups in total. The number of ketones is 1. The Balaban J connectivity index is 2.34. The van der Waals surface area contributed by atoms with Crippen LogP contribution in [-0.2, 0) is 6.54 Å². The number of nitrogens with zero attached hydrogens (tertiary/aromatic N) is 1. The van der Waals surface area contributed by atoms with E-state index < -0.39 is 28.8 Å². The van der Waals surface area contributed by atoms with Crippen LogP contribution in [0.1, 0.15) is 43.0 Å². The van der Waals surface area contributed by atoms with Crippen molar-refractivity contribution >= 4 is 27.5 Å². The summed E-state index contributed by atoms with van der Waals surface area (Å²) in [6, 6.07) is 10.2. The number of benzene rings is 2. The van der Waals surface area contributed by atoms with Crippen molar-refractivity contribution in [3.05, 3.63) is 52.3 Å². The predicted molar refractivity (Wildman–Crippen MR) is 102 cm³/mol. The first-order chi connectivity index (χ1) is 13.3. The molecule has 1 aromatic heterocycles. The molecule has 0 radical (unpaired) electrons. The molecule has 3 rings (SSSR count). The van der Waals surface area contributed by atoms with Gasteiger partial charge in [0.25, 0.3) is 11.3 Å². The second kappa shape index (κ2) is 7.66. The van der Waals surface area contributed by atoms with Gasteiger partial charge >= 0.3 is 6.18 Å². The first-order valence-electron chi connectivity index (χ1n) is 9.16. The van der Waals surface area contributed by atoms with Crippen LogP contribution < -0.4 is 5.56 Å². The number of alkyl halides is 3. The SMILES string of the molecule is CCCCCCn1c(=O)c(C(=O)C(F)(F)F)c(O)c2ccc3ccccc3c21. The summed E-state index contributed by atoms with van der Waals surface area (Å²) in [5.74, 6) is -3.25. The van der Waals surface area contributed by atoms with Crippen molar-refractivity contribution in [1.29, 1.82) is 0 Å². The van der Waals surface area contributed by atoms with E-state index in [4.69, 9.17) is 0 Å². The Kier molecular flexibility index (Phi) is 5.45. The lowest BCUT2D eigenvalue weighted by molar-refractivity contribution is -0.0887. The Morgan fingerprint density at radius 2 is 1.75 bits per heavy atom. The van der Waals surface area contributed by atoms with Crippen molar-refractivity contribution in [2.45, 2.75) is 45.3 Å². The van der Waals surface area contributed by atoms with Gasteiger partial charge in [-0.25, -0.2) is 0 Å². The molecule has 4 nitrogen and oxygen atoms in total. The summed E-state index contributed by atoms with van der Waals surface area (Å²) < 4.78 is 40.3. The van der Waals surface area contributed by atoms with Crippen LogP contribution in [0.5, 0.6) is 5.75 Å². The number of hydrogen-bond donors (Lipinski definition) is 1. The van der Waals surface area contributed by atoms with Crippen LogP contribution in [0.15, 0.2) is 41.2 Å². The van der Waals surface area contributed by atoms with E-state index in [2.05, 4.69) is 0 Å². The van der Waals surface area contributed by atoms with E-state index in [1.807, 2.05) is 13.0 Å². The minimum atomic E-state index is -5.25. The molecule has 0 saturated heterocycles. The molecule has 0 saturated carbocycles. The number of halogens is 3. The van der Waals surface area contributed by atoms with Gasteiger partial charge < -0.3 is 9.67 Å². The number of pyridine rings is 1. The van der Waals surface area contributed by atoms with Crippen LogP contribution in [-0.4, -0.2) is 21.6 Å². The van der Waals surface area contributed by atoms with Crippen LogP contribution in [0.3, 0.4) is 0 Å². The number of aryl methyl sites for hydroxylation is 1. The van der Waals surface area contributed by atoms with Gasteiger partial charge in [-0.3, -0.25) is 9.59 Å². The highest BCUT2D eigenvalue weighted by Gasteiger charge is 2.43. The second-order valence-electron chi connectivity index (χ2n) is 6.75. The van der Waals surface area contributed by atoms with Crippen molar-refractivity contribution in [1.82, 2.24) is 4.57 Å². The van der Waals surface area contributed by atoms with Crippen molar-refractivity contribution in [3.63, 3.8) is 0 Å². The van der Waals surface area contributed by atoms with E-state index >= 15 is 0 Å². The molecule has 0 aliphatic carbocycles. The highest BCUT2D eigenvalue weighted by molar-refractivity contribution is 6.12. The number of carbonyl (C=O) groups is 1. The number of carbonyl (C=O) groups excluding carboxylic acids is 1. The van der Waals surface area contributed by atoms with Crippen LogP contribution in [0.25, 0.3) is 21.7 Å². The summed E-state index contributed by atoms with van der Waals surface area (Å²) in [6.07, 6.45) is -1.97. The molecule has 0 bridgehead atoms. The third-order valence-corrected chi connectivity index (χ3v) is 4.84. The van der Waals surface area contributed by atoms with Gasteiger partial charge in [0.15, 0.2) is 0 Å². The molecular formula is C21H20F3NO3. The van der Waals surface area contributed by atoms with Crippen molar-refractivity contribution < 1.29 is 23.1 Å². The fourth-order valence-corrected chi connectivity index (χ4v) is 3.47. The predicted octanol–water partition coefficient (Wildman–Crippen LogP) is 5.19. The zero-order chi connectivity index (χ0) is 20.5. The minimum Gasteiger partial charge on any atom is -0.506 e. The summed E-state index contributed by atoms with van der Waals surface area (Å²) in [6.45, 7) is 2.19. The number of fused-ring (bicyclic) bond motifs is 3. The normalized spacial score (nSPS) is 12.0. The largest absolute Gasteiger partial charge is 0.506 e. The number of aromatic nitrogens is 1. The minimum absolute atomic E-state index is 0.0568. The van der Waals surface area contributed by atoms with Crippen LogP contribution in [0.4, 0.5) is 13.2 Å². The Labute approximate surface area is 159 Å². The summed E-state index contributed by atoms with van der Waals surface area (Å²) >= 11 is 0. The average Bonchev–Trinajstić information content (AvgIpc) is 2.66. The Bertz CT molecular complexity index is 1100. The second-order valence-corrected chi connectivity index (χ2v) is 6.75. The first-order valence-corrected chi connectivity index (χ1v) is 9.16. The fourth-order valence-electron chi connectivity index (χ4n) is 3.47. The quantitative estimate of drug-likeness (QED) is 0.358. The lowest BCUT2D eigenvalue weighted by atomic mass is 10.0.